The first kappa shape index (κ1) is 20.0. The fraction of sp³-hybridized carbons (Fsp3) is 0.429. The highest BCUT2D eigenvalue weighted by Gasteiger charge is 2.24. The Morgan fingerprint density at radius 1 is 1.21 bits per heavy atom. The summed E-state index contributed by atoms with van der Waals surface area (Å²) in [5, 5.41) is 12.9. The maximum absolute atomic E-state index is 12.9. The van der Waals surface area contributed by atoms with Crippen molar-refractivity contribution >= 4 is 28.1 Å². The molecule has 8 heteroatoms. The van der Waals surface area contributed by atoms with E-state index in [1.165, 1.54) is 11.3 Å². The maximum atomic E-state index is 12.9. The zero-order valence-corrected chi connectivity index (χ0v) is 17.4. The predicted molar refractivity (Wildman–Crippen MR) is 114 cm³/mol. The molecule has 1 saturated heterocycles. The molecule has 29 heavy (non-hydrogen) atoms. The molecule has 2 aromatic heterocycles. The van der Waals surface area contributed by atoms with Gasteiger partial charge in [0.05, 0.1) is 18.9 Å². The highest BCUT2D eigenvalue weighted by Crippen LogP contribution is 2.31. The van der Waals surface area contributed by atoms with Gasteiger partial charge in [0.2, 0.25) is 0 Å². The van der Waals surface area contributed by atoms with E-state index in [0.29, 0.717) is 31.9 Å². The van der Waals surface area contributed by atoms with E-state index in [4.69, 9.17) is 9.84 Å². The fourth-order valence-electron chi connectivity index (χ4n) is 3.78. The number of amides is 1. The van der Waals surface area contributed by atoms with Gasteiger partial charge in [0.1, 0.15) is 10.7 Å². The quantitative estimate of drug-likeness (QED) is 0.642. The van der Waals surface area contributed by atoms with Crippen molar-refractivity contribution in [3.8, 4) is 10.7 Å². The molecule has 1 aliphatic rings. The van der Waals surface area contributed by atoms with Crippen LogP contribution in [-0.2, 0) is 11.3 Å². The number of aromatic nitrogens is 2. The van der Waals surface area contributed by atoms with Crippen LogP contribution in [0.15, 0.2) is 35.7 Å². The number of thiazole rings is 1. The van der Waals surface area contributed by atoms with Crippen molar-refractivity contribution in [1.82, 2.24) is 19.4 Å². The molecule has 1 fully saturated rings. The average Bonchev–Trinajstić information content (AvgIpc) is 3.37. The Labute approximate surface area is 174 Å². The van der Waals surface area contributed by atoms with Crippen LogP contribution in [0.25, 0.3) is 21.6 Å². The average molecular weight is 415 g/mol. The molecular weight excluding hydrogens is 388 g/mol. The molecule has 3 heterocycles. The number of carbonyl (C=O) groups excluding carboxylic acids is 1. The lowest BCUT2D eigenvalue weighted by Crippen LogP contribution is -2.49. The molecule has 1 N–H and O–H groups in total. The van der Waals surface area contributed by atoms with Gasteiger partial charge in [-0.15, -0.1) is 11.3 Å². The van der Waals surface area contributed by atoms with Crippen molar-refractivity contribution in [2.24, 2.45) is 0 Å². The summed E-state index contributed by atoms with van der Waals surface area (Å²) >= 11 is 1.50. The van der Waals surface area contributed by atoms with Crippen molar-refractivity contribution in [3.05, 3.63) is 41.4 Å². The third kappa shape index (κ3) is 4.20. The number of benzene rings is 1. The Hall–Kier alpha value is -2.26. The summed E-state index contributed by atoms with van der Waals surface area (Å²) in [6.07, 6.45) is 0. The number of ether oxygens (including phenoxy) is 1. The summed E-state index contributed by atoms with van der Waals surface area (Å²) in [6.45, 7) is 5.06. The number of carbonyl (C=O) groups is 1. The third-order valence-corrected chi connectivity index (χ3v) is 6.21. The summed E-state index contributed by atoms with van der Waals surface area (Å²) in [6, 6.07) is 10.4. The molecule has 0 saturated carbocycles. The lowest BCUT2D eigenvalue weighted by molar-refractivity contribution is 0.0610. The summed E-state index contributed by atoms with van der Waals surface area (Å²) in [4.78, 5) is 21.6. The number of nitrogens with zero attached hydrogens (tertiary/aromatic N) is 4. The molecule has 0 bridgehead atoms. The Morgan fingerprint density at radius 2 is 2.00 bits per heavy atom. The molecule has 0 atom stereocenters. The van der Waals surface area contributed by atoms with Gasteiger partial charge in [-0.05, 0) is 12.1 Å². The van der Waals surface area contributed by atoms with Gasteiger partial charge in [-0.1, -0.05) is 18.2 Å². The van der Waals surface area contributed by atoms with Gasteiger partial charge in [0.15, 0.2) is 0 Å². The van der Waals surface area contributed by atoms with E-state index in [0.717, 1.165) is 41.2 Å². The molecule has 1 amide bonds. The molecule has 3 aromatic rings. The van der Waals surface area contributed by atoms with Crippen LogP contribution in [0.2, 0.25) is 0 Å². The number of methoxy groups -OCH3 is 1. The molecule has 1 aromatic carbocycles. The van der Waals surface area contributed by atoms with Crippen LogP contribution >= 0.6 is 11.3 Å². The van der Waals surface area contributed by atoms with Crippen molar-refractivity contribution < 1.29 is 14.6 Å². The minimum absolute atomic E-state index is 0.0179. The van der Waals surface area contributed by atoms with E-state index in [1.807, 2.05) is 22.4 Å². The monoisotopic (exact) mass is 414 g/mol. The van der Waals surface area contributed by atoms with E-state index in [-0.39, 0.29) is 12.5 Å². The lowest BCUT2D eigenvalue weighted by Gasteiger charge is -2.33. The zero-order valence-electron chi connectivity index (χ0n) is 16.6. The second kappa shape index (κ2) is 9.04. The summed E-state index contributed by atoms with van der Waals surface area (Å²) in [5.74, 6) is -0.0179. The number of hydrogen-bond donors (Lipinski definition) is 1. The van der Waals surface area contributed by atoms with Crippen LogP contribution < -0.4 is 0 Å². The van der Waals surface area contributed by atoms with Gasteiger partial charge in [-0.25, -0.2) is 4.98 Å². The number of rotatable bonds is 7. The molecule has 7 nitrogen and oxygen atoms in total. The van der Waals surface area contributed by atoms with Gasteiger partial charge in [-0.3, -0.25) is 9.69 Å². The highest BCUT2D eigenvalue weighted by atomic mass is 32.1. The van der Waals surface area contributed by atoms with E-state index in [9.17, 15) is 4.79 Å². The summed E-state index contributed by atoms with van der Waals surface area (Å²) in [7, 11) is 1.70. The molecule has 1 aliphatic heterocycles. The zero-order chi connectivity index (χ0) is 20.2. The molecule has 0 spiro atoms. The molecule has 154 valence electrons. The molecule has 0 aliphatic carbocycles. The minimum atomic E-state index is -0.0179. The van der Waals surface area contributed by atoms with Crippen LogP contribution in [0.4, 0.5) is 0 Å². The van der Waals surface area contributed by atoms with Gasteiger partial charge in [0, 0.05) is 62.7 Å². The Balaban J connectivity index is 1.55. The van der Waals surface area contributed by atoms with Crippen LogP contribution in [0.1, 0.15) is 10.5 Å². The first-order valence-corrected chi connectivity index (χ1v) is 10.7. The van der Waals surface area contributed by atoms with Crippen molar-refractivity contribution in [2.45, 2.75) is 6.54 Å². The van der Waals surface area contributed by atoms with Gasteiger partial charge >= 0.3 is 0 Å². The number of β-amino-alcohol motifs (C(OH)–C–C–N with tert-alkyl or cyclic N) is 1. The van der Waals surface area contributed by atoms with Crippen LogP contribution in [0, 0.1) is 0 Å². The number of aliphatic hydroxyl groups excluding tert-OH is 1. The molecule has 0 radical (unpaired) electrons. The van der Waals surface area contributed by atoms with Gasteiger partial charge < -0.3 is 19.3 Å². The standard InChI is InChI=1S/C21H26N4O3S/c1-28-13-11-25-18-5-3-2-4-16(18)14-19(25)20-22-17(15-29-20)21(27)24-8-6-23(7-9-24)10-12-26/h2-5,14-15,26H,6-13H2,1H3. The number of para-hydroxylation sites is 1. The van der Waals surface area contributed by atoms with Gasteiger partial charge in [0.25, 0.3) is 5.91 Å². The maximum Gasteiger partial charge on any atom is 0.273 e. The second-order valence-electron chi connectivity index (χ2n) is 7.13. The van der Waals surface area contributed by atoms with E-state index in [1.54, 1.807) is 7.11 Å². The van der Waals surface area contributed by atoms with Crippen LogP contribution in [0.3, 0.4) is 0 Å². The molecule has 4 rings (SSSR count). The summed E-state index contributed by atoms with van der Waals surface area (Å²) in [5.41, 5.74) is 2.66. The number of aliphatic hydroxyl groups is 1. The number of piperazine rings is 1. The Kier molecular flexibility index (Phi) is 6.25. The number of hydrogen-bond acceptors (Lipinski definition) is 6. The first-order chi connectivity index (χ1) is 14.2. The third-order valence-electron chi connectivity index (χ3n) is 5.35. The van der Waals surface area contributed by atoms with Crippen molar-refractivity contribution in [1.29, 1.82) is 0 Å². The smallest absolute Gasteiger partial charge is 0.273 e. The van der Waals surface area contributed by atoms with E-state index < -0.39 is 0 Å². The van der Waals surface area contributed by atoms with E-state index >= 15 is 0 Å². The van der Waals surface area contributed by atoms with E-state index in [2.05, 4.69) is 32.7 Å². The Morgan fingerprint density at radius 3 is 2.76 bits per heavy atom. The fourth-order valence-corrected chi connectivity index (χ4v) is 4.60. The first-order valence-electron chi connectivity index (χ1n) is 9.87. The number of fused-ring (bicyclic) bond motifs is 1. The second-order valence-corrected chi connectivity index (χ2v) is 7.99. The normalized spacial score (nSPS) is 15.3. The predicted octanol–water partition coefficient (Wildman–Crippen LogP) is 2.16. The lowest BCUT2D eigenvalue weighted by atomic mass is 10.2. The van der Waals surface area contributed by atoms with Crippen molar-refractivity contribution in [3.63, 3.8) is 0 Å². The highest BCUT2D eigenvalue weighted by molar-refractivity contribution is 7.13. The Bertz CT molecular complexity index is 975. The molecular formula is C21H26N4O3S. The van der Waals surface area contributed by atoms with Crippen molar-refractivity contribution in [2.75, 3.05) is 53.0 Å². The molecule has 0 unspecified atom stereocenters. The SMILES string of the molecule is COCCn1c(-c2nc(C(=O)N3CCN(CCO)CC3)cs2)cc2ccccc21. The van der Waals surface area contributed by atoms with Gasteiger partial charge in [-0.2, -0.15) is 0 Å². The topological polar surface area (TPSA) is 70.8 Å². The minimum Gasteiger partial charge on any atom is -0.395 e. The van der Waals surface area contributed by atoms with Crippen LogP contribution in [-0.4, -0.2) is 83.4 Å². The van der Waals surface area contributed by atoms with Crippen LogP contribution in [0.5, 0.6) is 0 Å². The largest absolute Gasteiger partial charge is 0.395 e. The summed E-state index contributed by atoms with van der Waals surface area (Å²) < 4.78 is 7.49.